The van der Waals surface area contributed by atoms with Crippen LogP contribution in [0, 0.1) is 17.8 Å². The minimum Gasteiger partial charge on any atom is -0.468 e. The van der Waals surface area contributed by atoms with Gasteiger partial charge >= 0.3 is 11.9 Å². The third-order valence-electron chi connectivity index (χ3n) is 3.98. The molecule has 2 aromatic rings. The highest BCUT2D eigenvalue weighted by molar-refractivity contribution is 5.94. The molecule has 4 nitrogen and oxygen atoms in total. The molecule has 0 fully saturated rings. The summed E-state index contributed by atoms with van der Waals surface area (Å²) in [5, 5.41) is 0. The Bertz CT molecular complexity index is 841. The first-order valence-electron chi connectivity index (χ1n) is 8.61. The third kappa shape index (κ3) is 6.16. The maximum Gasteiger partial charge on any atom is 0.320 e. The highest BCUT2D eigenvalue weighted by atomic mass is 16.5. The lowest BCUT2D eigenvalue weighted by Gasteiger charge is -2.09. The van der Waals surface area contributed by atoms with Gasteiger partial charge in [-0.25, -0.2) is 0 Å². The number of hydrogen-bond acceptors (Lipinski definition) is 4. The zero-order chi connectivity index (χ0) is 19.5. The van der Waals surface area contributed by atoms with E-state index in [0.717, 1.165) is 16.7 Å². The predicted octanol–water partition coefficient (Wildman–Crippen LogP) is 3.54. The van der Waals surface area contributed by atoms with E-state index in [-0.39, 0.29) is 6.42 Å². The van der Waals surface area contributed by atoms with Crippen LogP contribution < -0.4 is 0 Å². The van der Waals surface area contributed by atoms with Gasteiger partial charge in [-0.05, 0) is 36.6 Å². The molecule has 138 valence electrons. The normalized spacial score (nSPS) is 10.3. The number of carbonyl (C=O) groups excluding carboxylic acids is 2. The van der Waals surface area contributed by atoms with Gasteiger partial charge in [0.15, 0.2) is 5.92 Å². The van der Waals surface area contributed by atoms with Crippen LogP contribution in [0.25, 0.3) is 0 Å². The van der Waals surface area contributed by atoms with Crippen LogP contribution in [0.15, 0.2) is 66.7 Å². The molecule has 0 atom stereocenters. The number of allylic oxidation sites excluding steroid dienone is 2. The molecule has 0 spiro atoms. The molecule has 0 N–H and O–H groups in total. The van der Waals surface area contributed by atoms with E-state index >= 15 is 0 Å². The zero-order valence-corrected chi connectivity index (χ0v) is 15.5. The SMILES string of the molecule is COC(=O)C(C/C=C/Cc1ccccc1C#Cc1ccccc1)C(=O)OC. The minimum atomic E-state index is -0.940. The van der Waals surface area contributed by atoms with Crippen LogP contribution in [0.2, 0.25) is 0 Å². The summed E-state index contributed by atoms with van der Waals surface area (Å²) >= 11 is 0. The molecule has 0 amide bonds. The standard InChI is InChI=1S/C23H22O4/c1-26-22(24)21(23(25)27-2)15-9-8-13-19-12-6-7-14-20(19)17-16-18-10-4-3-5-11-18/h3-12,14,21H,13,15H2,1-2H3/b9-8+. The third-order valence-corrected chi connectivity index (χ3v) is 3.98. The van der Waals surface area contributed by atoms with Crippen LogP contribution in [-0.2, 0) is 25.5 Å². The lowest BCUT2D eigenvalue weighted by molar-refractivity contribution is -0.158. The van der Waals surface area contributed by atoms with Crippen LogP contribution in [0.4, 0.5) is 0 Å². The summed E-state index contributed by atoms with van der Waals surface area (Å²) in [7, 11) is 2.51. The lowest BCUT2D eigenvalue weighted by Crippen LogP contribution is -2.25. The van der Waals surface area contributed by atoms with Crippen molar-refractivity contribution in [1.29, 1.82) is 0 Å². The average Bonchev–Trinajstić information content (AvgIpc) is 2.72. The monoisotopic (exact) mass is 362 g/mol. The molecule has 0 bridgehead atoms. The van der Waals surface area contributed by atoms with Crippen LogP contribution in [0.5, 0.6) is 0 Å². The van der Waals surface area contributed by atoms with E-state index in [0.29, 0.717) is 6.42 Å². The Labute approximate surface area is 159 Å². The molecule has 0 aliphatic carbocycles. The van der Waals surface area contributed by atoms with Gasteiger partial charge in [-0.3, -0.25) is 9.59 Å². The van der Waals surface area contributed by atoms with Crippen molar-refractivity contribution in [2.45, 2.75) is 12.8 Å². The van der Waals surface area contributed by atoms with E-state index in [1.54, 1.807) is 6.08 Å². The number of benzene rings is 2. The molecule has 0 radical (unpaired) electrons. The van der Waals surface area contributed by atoms with E-state index in [4.69, 9.17) is 0 Å². The Morgan fingerprint density at radius 3 is 2.19 bits per heavy atom. The van der Waals surface area contributed by atoms with Gasteiger partial charge in [-0.15, -0.1) is 0 Å². The van der Waals surface area contributed by atoms with E-state index in [2.05, 4.69) is 21.3 Å². The fourth-order valence-corrected chi connectivity index (χ4v) is 2.50. The fourth-order valence-electron chi connectivity index (χ4n) is 2.50. The number of esters is 2. The maximum atomic E-state index is 11.7. The molecule has 2 rings (SSSR count). The Balaban J connectivity index is 2.06. The summed E-state index contributed by atoms with van der Waals surface area (Å²) in [6.45, 7) is 0. The Morgan fingerprint density at radius 1 is 0.889 bits per heavy atom. The summed E-state index contributed by atoms with van der Waals surface area (Å²) in [5.41, 5.74) is 2.98. The van der Waals surface area contributed by atoms with Crippen molar-refractivity contribution in [3.63, 3.8) is 0 Å². The van der Waals surface area contributed by atoms with Crippen molar-refractivity contribution >= 4 is 11.9 Å². The molecule has 0 aliphatic heterocycles. The largest absolute Gasteiger partial charge is 0.468 e. The topological polar surface area (TPSA) is 52.6 Å². The molecule has 0 saturated carbocycles. The van der Waals surface area contributed by atoms with Crippen molar-refractivity contribution < 1.29 is 19.1 Å². The summed E-state index contributed by atoms with van der Waals surface area (Å²) in [4.78, 5) is 23.4. The molecule has 4 heteroatoms. The lowest BCUT2D eigenvalue weighted by atomic mass is 10.0. The van der Waals surface area contributed by atoms with E-state index in [9.17, 15) is 9.59 Å². The van der Waals surface area contributed by atoms with Crippen LogP contribution >= 0.6 is 0 Å². The van der Waals surface area contributed by atoms with Crippen molar-refractivity contribution in [2.75, 3.05) is 14.2 Å². The quantitative estimate of drug-likeness (QED) is 0.341. The number of rotatable bonds is 6. The van der Waals surface area contributed by atoms with Crippen LogP contribution in [-0.4, -0.2) is 26.2 Å². The van der Waals surface area contributed by atoms with E-state index < -0.39 is 17.9 Å². The Morgan fingerprint density at radius 2 is 1.52 bits per heavy atom. The van der Waals surface area contributed by atoms with Gasteiger partial charge in [0, 0.05) is 11.1 Å². The summed E-state index contributed by atoms with van der Waals surface area (Å²) < 4.78 is 9.30. The first-order valence-corrected chi connectivity index (χ1v) is 8.61. The predicted molar refractivity (Wildman–Crippen MR) is 104 cm³/mol. The van der Waals surface area contributed by atoms with Crippen LogP contribution in [0.3, 0.4) is 0 Å². The smallest absolute Gasteiger partial charge is 0.320 e. The molecular weight excluding hydrogens is 340 g/mol. The van der Waals surface area contributed by atoms with Gasteiger partial charge in [-0.2, -0.15) is 0 Å². The molecule has 0 heterocycles. The van der Waals surface area contributed by atoms with Gasteiger partial charge in [0.1, 0.15) is 0 Å². The minimum absolute atomic E-state index is 0.233. The highest BCUT2D eigenvalue weighted by Gasteiger charge is 2.26. The second-order valence-corrected chi connectivity index (χ2v) is 5.78. The molecule has 27 heavy (non-hydrogen) atoms. The van der Waals surface area contributed by atoms with Crippen molar-refractivity contribution in [2.24, 2.45) is 5.92 Å². The molecule has 0 unspecified atom stereocenters. The fraction of sp³-hybridized carbons (Fsp3) is 0.217. The second kappa shape index (κ2) is 10.6. The van der Waals surface area contributed by atoms with E-state index in [1.807, 2.05) is 60.7 Å². The molecule has 0 aliphatic rings. The molecular formula is C23H22O4. The van der Waals surface area contributed by atoms with Gasteiger partial charge in [0.2, 0.25) is 0 Å². The van der Waals surface area contributed by atoms with Crippen molar-refractivity contribution in [1.82, 2.24) is 0 Å². The van der Waals surface area contributed by atoms with Gasteiger partial charge in [0.05, 0.1) is 14.2 Å². The summed E-state index contributed by atoms with van der Waals surface area (Å²) in [6.07, 6.45) is 4.59. The van der Waals surface area contributed by atoms with Crippen molar-refractivity contribution in [3.8, 4) is 11.8 Å². The highest BCUT2D eigenvalue weighted by Crippen LogP contribution is 2.12. The van der Waals surface area contributed by atoms with Crippen molar-refractivity contribution in [3.05, 3.63) is 83.4 Å². The Hall–Kier alpha value is -3.32. The van der Waals surface area contributed by atoms with E-state index in [1.165, 1.54) is 14.2 Å². The number of carbonyl (C=O) groups is 2. The van der Waals surface area contributed by atoms with Gasteiger partial charge in [-0.1, -0.05) is 60.4 Å². The summed E-state index contributed by atoms with van der Waals surface area (Å²) in [6, 6.07) is 17.7. The summed E-state index contributed by atoms with van der Waals surface area (Å²) in [5.74, 6) is 4.23. The first-order chi connectivity index (χ1) is 13.2. The van der Waals surface area contributed by atoms with Crippen LogP contribution in [0.1, 0.15) is 23.1 Å². The second-order valence-electron chi connectivity index (χ2n) is 5.78. The number of hydrogen-bond donors (Lipinski definition) is 0. The zero-order valence-electron chi connectivity index (χ0n) is 15.5. The molecule has 0 saturated heterocycles. The number of ether oxygens (including phenoxy) is 2. The number of methoxy groups -OCH3 is 2. The average molecular weight is 362 g/mol. The van der Waals surface area contributed by atoms with Gasteiger partial charge < -0.3 is 9.47 Å². The molecule has 0 aromatic heterocycles. The van der Waals surface area contributed by atoms with Gasteiger partial charge in [0.25, 0.3) is 0 Å². The first kappa shape index (κ1) is 20.0. The Kier molecular flexibility index (Phi) is 7.87. The molecule has 2 aromatic carbocycles. The maximum absolute atomic E-state index is 11.7.